The van der Waals surface area contributed by atoms with Crippen LogP contribution in [-0.2, 0) is 0 Å². The molecule has 0 radical (unpaired) electrons. The first-order valence-corrected chi connectivity index (χ1v) is 12.5. The Labute approximate surface area is 198 Å². The molecule has 0 N–H and O–H groups in total. The third-order valence-electron chi connectivity index (χ3n) is 6.40. The van der Waals surface area contributed by atoms with E-state index in [-0.39, 0.29) is 0 Å². The van der Waals surface area contributed by atoms with Gasteiger partial charge in [-0.1, -0.05) is 51.5 Å². The highest BCUT2D eigenvalue weighted by atomic mass is 16.5. The quantitative estimate of drug-likeness (QED) is 0.136. The number of carbonyl (C=O) groups is 1. The van der Waals surface area contributed by atoms with Gasteiger partial charge in [0.1, 0.15) is 17.2 Å². The van der Waals surface area contributed by atoms with Crippen LogP contribution in [0.5, 0.6) is 17.2 Å². The molecule has 0 heterocycles. The second-order valence-corrected chi connectivity index (χ2v) is 8.98. The van der Waals surface area contributed by atoms with E-state index in [4.69, 9.17) is 14.2 Å². The SMILES string of the molecule is C=CCCOc1ccc(C(=O)Oc2ccc(OCCC[C@H]3CC[C@H](CCC)CC3)cc2)cc1. The predicted molar refractivity (Wildman–Crippen MR) is 133 cm³/mol. The number of esters is 1. The van der Waals surface area contributed by atoms with Crippen LogP contribution < -0.4 is 14.2 Å². The first-order chi connectivity index (χ1) is 16.2. The summed E-state index contributed by atoms with van der Waals surface area (Å²) in [6, 6.07) is 14.2. The Balaban J connectivity index is 1.35. The Morgan fingerprint density at radius 1 is 0.848 bits per heavy atom. The lowest BCUT2D eigenvalue weighted by Gasteiger charge is -2.28. The van der Waals surface area contributed by atoms with E-state index in [1.807, 2.05) is 18.2 Å². The van der Waals surface area contributed by atoms with E-state index in [0.717, 1.165) is 42.8 Å². The molecule has 2 aromatic carbocycles. The summed E-state index contributed by atoms with van der Waals surface area (Å²) in [5.41, 5.74) is 0.482. The Bertz CT molecular complexity index is 833. The zero-order valence-corrected chi connectivity index (χ0v) is 20.0. The highest BCUT2D eigenvalue weighted by molar-refractivity contribution is 5.91. The molecule has 4 heteroatoms. The summed E-state index contributed by atoms with van der Waals surface area (Å²) >= 11 is 0. The van der Waals surface area contributed by atoms with E-state index >= 15 is 0 Å². The molecule has 33 heavy (non-hydrogen) atoms. The largest absolute Gasteiger partial charge is 0.494 e. The molecule has 0 spiro atoms. The third-order valence-corrected chi connectivity index (χ3v) is 6.40. The number of hydrogen-bond donors (Lipinski definition) is 0. The van der Waals surface area contributed by atoms with Gasteiger partial charge in [-0.25, -0.2) is 4.79 Å². The van der Waals surface area contributed by atoms with Gasteiger partial charge in [0.05, 0.1) is 18.8 Å². The highest BCUT2D eigenvalue weighted by Crippen LogP contribution is 2.33. The lowest BCUT2D eigenvalue weighted by atomic mass is 9.78. The second-order valence-electron chi connectivity index (χ2n) is 8.98. The van der Waals surface area contributed by atoms with E-state index < -0.39 is 5.97 Å². The normalized spacial score (nSPS) is 17.8. The van der Waals surface area contributed by atoms with Crippen LogP contribution in [0.3, 0.4) is 0 Å². The number of carbonyl (C=O) groups excluding carboxylic acids is 1. The Morgan fingerprint density at radius 2 is 1.39 bits per heavy atom. The summed E-state index contributed by atoms with van der Waals surface area (Å²) in [6.45, 7) is 7.26. The minimum atomic E-state index is -0.394. The number of rotatable bonds is 13. The molecule has 1 aliphatic rings. The van der Waals surface area contributed by atoms with Crippen molar-refractivity contribution >= 4 is 5.97 Å². The van der Waals surface area contributed by atoms with Gasteiger partial charge in [0, 0.05) is 0 Å². The maximum atomic E-state index is 12.4. The maximum Gasteiger partial charge on any atom is 0.343 e. The molecule has 1 fully saturated rings. The van der Waals surface area contributed by atoms with Crippen LogP contribution in [0.2, 0.25) is 0 Å². The van der Waals surface area contributed by atoms with Crippen molar-refractivity contribution in [3.8, 4) is 17.2 Å². The molecule has 0 aliphatic heterocycles. The molecule has 1 aliphatic carbocycles. The van der Waals surface area contributed by atoms with Crippen LogP contribution in [0.4, 0.5) is 0 Å². The fourth-order valence-corrected chi connectivity index (χ4v) is 4.50. The Morgan fingerprint density at radius 3 is 2.00 bits per heavy atom. The predicted octanol–water partition coefficient (Wildman–Crippen LogP) is 7.63. The van der Waals surface area contributed by atoms with Crippen LogP contribution in [0.1, 0.15) is 75.1 Å². The second kappa shape index (κ2) is 13.7. The Hall–Kier alpha value is -2.75. The first kappa shape index (κ1) is 24.9. The topological polar surface area (TPSA) is 44.8 Å². The van der Waals surface area contributed by atoms with Crippen molar-refractivity contribution in [2.24, 2.45) is 11.8 Å². The van der Waals surface area contributed by atoms with E-state index in [2.05, 4.69) is 13.5 Å². The van der Waals surface area contributed by atoms with Gasteiger partial charge in [-0.2, -0.15) is 0 Å². The zero-order valence-electron chi connectivity index (χ0n) is 20.0. The summed E-state index contributed by atoms with van der Waals surface area (Å²) in [7, 11) is 0. The highest BCUT2D eigenvalue weighted by Gasteiger charge is 2.20. The molecule has 3 rings (SSSR count). The average Bonchev–Trinajstić information content (AvgIpc) is 2.84. The van der Waals surface area contributed by atoms with Gasteiger partial charge < -0.3 is 14.2 Å². The van der Waals surface area contributed by atoms with Crippen molar-refractivity contribution in [3.05, 3.63) is 66.7 Å². The number of hydrogen-bond acceptors (Lipinski definition) is 4. The summed E-state index contributed by atoms with van der Waals surface area (Å²) in [4.78, 5) is 12.4. The standard InChI is InChI=1S/C29H38O4/c1-3-5-21-31-26-15-13-25(14-16-26)29(30)33-28-19-17-27(18-20-28)32-22-6-8-24-11-9-23(7-4-2)10-12-24/h3,13-20,23-24H,1,4-12,21-22H2,2H3/t23-,24-. The number of benzene rings is 2. The van der Waals surface area contributed by atoms with Gasteiger partial charge in [-0.05, 0) is 79.6 Å². The van der Waals surface area contributed by atoms with E-state index in [0.29, 0.717) is 17.9 Å². The van der Waals surface area contributed by atoms with Crippen molar-refractivity contribution in [2.45, 2.75) is 64.7 Å². The molecule has 1 saturated carbocycles. The van der Waals surface area contributed by atoms with Crippen molar-refractivity contribution in [2.75, 3.05) is 13.2 Å². The lowest BCUT2D eigenvalue weighted by Crippen LogP contribution is -2.15. The van der Waals surface area contributed by atoms with Gasteiger partial charge in [0.15, 0.2) is 0 Å². The first-order valence-electron chi connectivity index (χ1n) is 12.5. The minimum absolute atomic E-state index is 0.394. The van der Waals surface area contributed by atoms with Gasteiger partial charge >= 0.3 is 5.97 Å². The Kier molecular flexibility index (Phi) is 10.3. The molecular formula is C29H38O4. The van der Waals surface area contributed by atoms with Crippen LogP contribution in [-0.4, -0.2) is 19.2 Å². The molecule has 0 atom stereocenters. The maximum absolute atomic E-state index is 12.4. The molecular weight excluding hydrogens is 412 g/mol. The van der Waals surface area contributed by atoms with E-state index in [9.17, 15) is 4.79 Å². The monoisotopic (exact) mass is 450 g/mol. The van der Waals surface area contributed by atoms with Crippen LogP contribution in [0.15, 0.2) is 61.2 Å². The summed E-state index contributed by atoms with van der Waals surface area (Å²) in [5.74, 6) is 3.48. The lowest BCUT2D eigenvalue weighted by molar-refractivity contribution is 0.0734. The van der Waals surface area contributed by atoms with Crippen molar-refractivity contribution in [1.29, 1.82) is 0 Å². The van der Waals surface area contributed by atoms with Crippen LogP contribution >= 0.6 is 0 Å². The molecule has 0 saturated heterocycles. The fraction of sp³-hybridized carbons (Fsp3) is 0.483. The minimum Gasteiger partial charge on any atom is -0.494 e. The smallest absolute Gasteiger partial charge is 0.343 e. The van der Waals surface area contributed by atoms with Crippen LogP contribution in [0.25, 0.3) is 0 Å². The molecule has 0 unspecified atom stereocenters. The molecule has 0 amide bonds. The van der Waals surface area contributed by atoms with Crippen molar-refractivity contribution in [3.63, 3.8) is 0 Å². The van der Waals surface area contributed by atoms with Crippen molar-refractivity contribution < 1.29 is 19.0 Å². The molecule has 4 nitrogen and oxygen atoms in total. The van der Waals surface area contributed by atoms with Gasteiger partial charge in [0.25, 0.3) is 0 Å². The van der Waals surface area contributed by atoms with E-state index in [1.54, 1.807) is 36.4 Å². The zero-order chi connectivity index (χ0) is 23.3. The number of ether oxygens (including phenoxy) is 3. The summed E-state index contributed by atoms with van der Waals surface area (Å²) in [5, 5.41) is 0. The molecule has 2 aromatic rings. The molecule has 0 bridgehead atoms. The molecule has 178 valence electrons. The summed E-state index contributed by atoms with van der Waals surface area (Å²) in [6.07, 6.45) is 13.2. The third kappa shape index (κ3) is 8.60. The molecule has 0 aromatic heterocycles. The average molecular weight is 451 g/mol. The van der Waals surface area contributed by atoms with Crippen molar-refractivity contribution in [1.82, 2.24) is 0 Å². The van der Waals surface area contributed by atoms with Gasteiger partial charge in [-0.3, -0.25) is 0 Å². The van der Waals surface area contributed by atoms with Gasteiger partial charge in [0.2, 0.25) is 0 Å². The summed E-state index contributed by atoms with van der Waals surface area (Å²) < 4.78 is 16.9. The van der Waals surface area contributed by atoms with Gasteiger partial charge in [-0.15, -0.1) is 6.58 Å². The fourth-order valence-electron chi connectivity index (χ4n) is 4.50. The van der Waals surface area contributed by atoms with E-state index in [1.165, 1.54) is 44.9 Å². The van der Waals surface area contributed by atoms with Crippen LogP contribution in [0, 0.1) is 11.8 Å².